The Morgan fingerprint density at radius 1 is 1.33 bits per heavy atom. The first-order valence-electron chi connectivity index (χ1n) is 8.74. The first kappa shape index (κ1) is 16.1. The molecule has 0 spiro atoms. The Kier molecular flexibility index (Phi) is 4.83. The molecule has 2 aromatic heterocycles. The van der Waals surface area contributed by atoms with Crippen LogP contribution in [0.1, 0.15) is 24.1 Å². The molecule has 128 valence electrons. The van der Waals surface area contributed by atoms with Gasteiger partial charge in [-0.25, -0.2) is 4.98 Å². The van der Waals surface area contributed by atoms with E-state index in [1.165, 1.54) is 11.3 Å². The van der Waals surface area contributed by atoms with E-state index in [0.717, 1.165) is 39.1 Å². The van der Waals surface area contributed by atoms with Gasteiger partial charge >= 0.3 is 0 Å². The molecule has 2 unspecified atom stereocenters. The Balaban J connectivity index is 1.47. The van der Waals surface area contributed by atoms with Crippen LogP contribution in [0.15, 0.2) is 41.9 Å². The van der Waals surface area contributed by atoms with Crippen molar-refractivity contribution in [1.29, 1.82) is 0 Å². The van der Waals surface area contributed by atoms with Crippen LogP contribution in [0.2, 0.25) is 0 Å². The quantitative estimate of drug-likeness (QED) is 0.830. The molecule has 2 aliphatic rings. The van der Waals surface area contributed by atoms with Crippen LogP contribution in [0.3, 0.4) is 0 Å². The fraction of sp³-hybridized carbons (Fsp3) is 0.526. The largest absolute Gasteiger partial charge is 0.477 e. The molecular formula is C19H24N2O2S. The molecule has 24 heavy (non-hydrogen) atoms. The third kappa shape index (κ3) is 3.48. The predicted octanol–water partition coefficient (Wildman–Crippen LogP) is 3.59. The second-order valence-electron chi connectivity index (χ2n) is 6.86. The molecule has 4 nitrogen and oxygen atoms in total. The number of piperidine rings is 1. The third-order valence-corrected chi connectivity index (χ3v) is 6.03. The summed E-state index contributed by atoms with van der Waals surface area (Å²) in [5.74, 6) is 0.714. The van der Waals surface area contributed by atoms with E-state index in [1.807, 2.05) is 29.5 Å². The molecule has 0 N–H and O–H groups in total. The predicted molar refractivity (Wildman–Crippen MR) is 95.4 cm³/mol. The summed E-state index contributed by atoms with van der Waals surface area (Å²) in [6.45, 7) is 4.77. The van der Waals surface area contributed by atoms with Gasteiger partial charge in [0.05, 0.1) is 12.7 Å². The van der Waals surface area contributed by atoms with Gasteiger partial charge < -0.3 is 9.47 Å². The van der Waals surface area contributed by atoms with Crippen LogP contribution in [0.25, 0.3) is 0 Å². The first-order chi connectivity index (χ1) is 11.8. The molecule has 2 atom stereocenters. The van der Waals surface area contributed by atoms with Gasteiger partial charge in [-0.2, -0.15) is 0 Å². The summed E-state index contributed by atoms with van der Waals surface area (Å²) in [7, 11) is 0. The second-order valence-corrected chi connectivity index (χ2v) is 7.89. The molecule has 0 amide bonds. The lowest BCUT2D eigenvalue weighted by Crippen LogP contribution is -2.57. The average molecular weight is 344 g/mol. The Morgan fingerprint density at radius 2 is 2.33 bits per heavy atom. The monoisotopic (exact) mass is 344 g/mol. The van der Waals surface area contributed by atoms with E-state index in [9.17, 15) is 0 Å². The van der Waals surface area contributed by atoms with Gasteiger partial charge in [-0.15, -0.1) is 11.3 Å². The molecule has 0 saturated carbocycles. The Morgan fingerprint density at radius 3 is 3.17 bits per heavy atom. The zero-order chi connectivity index (χ0) is 16.2. The number of fused-ring (bicyclic) bond motifs is 1. The SMILES string of the molecule is c1ccc(OCC23CCCOC2CCN(Cc2cccs2)C3)nc1. The molecule has 4 rings (SSSR count). The molecular weight excluding hydrogens is 320 g/mol. The lowest BCUT2D eigenvalue weighted by Gasteiger charge is -2.50. The molecule has 2 aliphatic heterocycles. The molecule has 0 bridgehead atoms. The number of thiophene rings is 1. The lowest BCUT2D eigenvalue weighted by atomic mass is 9.73. The van der Waals surface area contributed by atoms with Crippen LogP contribution in [0.5, 0.6) is 5.88 Å². The molecule has 2 saturated heterocycles. The number of nitrogens with zero attached hydrogens (tertiary/aromatic N) is 2. The summed E-state index contributed by atoms with van der Waals surface area (Å²) in [4.78, 5) is 8.31. The summed E-state index contributed by atoms with van der Waals surface area (Å²) < 4.78 is 12.2. The van der Waals surface area contributed by atoms with Gasteiger partial charge in [0, 0.05) is 48.8 Å². The minimum atomic E-state index is 0.0886. The van der Waals surface area contributed by atoms with Crippen LogP contribution in [0, 0.1) is 5.41 Å². The Labute approximate surface area is 147 Å². The Bertz CT molecular complexity index is 634. The standard InChI is InChI=1S/C19H24N2O2S/c1-2-9-20-18(6-1)23-15-19-8-4-11-22-17(19)7-10-21(14-19)13-16-5-3-12-24-16/h1-3,5-6,9,12,17H,4,7-8,10-11,13-15H2. The number of pyridine rings is 1. The van der Waals surface area contributed by atoms with Crippen molar-refractivity contribution in [3.63, 3.8) is 0 Å². The second kappa shape index (κ2) is 7.21. The summed E-state index contributed by atoms with van der Waals surface area (Å²) in [5, 5.41) is 2.16. The van der Waals surface area contributed by atoms with E-state index in [-0.39, 0.29) is 5.41 Å². The van der Waals surface area contributed by atoms with Crippen LogP contribution >= 0.6 is 11.3 Å². The van der Waals surface area contributed by atoms with Crippen molar-refractivity contribution in [2.45, 2.75) is 31.9 Å². The minimum absolute atomic E-state index is 0.0886. The van der Waals surface area contributed by atoms with Crippen molar-refractivity contribution >= 4 is 11.3 Å². The van der Waals surface area contributed by atoms with Crippen LogP contribution in [-0.4, -0.2) is 42.3 Å². The lowest BCUT2D eigenvalue weighted by molar-refractivity contribution is -0.141. The highest BCUT2D eigenvalue weighted by Crippen LogP contribution is 2.41. The summed E-state index contributed by atoms with van der Waals surface area (Å²) in [6, 6.07) is 10.2. The van der Waals surface area contributed by atoms with Gasteiger partial charge in [-0.3, -0.25) is 4.90 Å². The molecule has 2 aromatic rings. The maximum atomic E-state index is 6.13. The van der Waals surface area contributed by atoms with Gasteiger partial charge in [0.1, 0.15) is 0 Å². The number of ether oxygens (including phenoxy) is 2. The zero-order valence-electron chi connectivity index (χ0n) is 13.9. The van der Waals surface area contributed by atoms with Gasteiger partial charge in [-0.05, 0) is 36.8 Å². The molecule has 0 aromatic carbocycles. The Hall–Kier alpha value is -1.43. The topological polar surface area (TPSA) is 34.6 Å². The fourth-order valence-electron chi connectivity index (χ4n) is 4.00. The normalized spacial score (nSPS) is 27.6. The summed E-state index contributed by atoms with van der Waals surface area (Å²) in [5.41, 5.74) is 0.0886. The third-order valence-electron chi connectivity index (χ3n) is 5.17. The van der Waals surface area contributed by atoms with Crippen molar-refractivity contribution in [1.82, 2.24) is 9.88 Å². The maximum Gasteiger partial charge on any atom is 0.213 e. The molecule has 5 heteroatoms. The van der Waals surface area contributed by atoms with Crippen molar-refractivity contribution in [3.8, 4) is 5.88 Å². The van der Waals surface area contributed by atoms with Crippen LogP contribution in [-0.2, 0) is 11.3 Å². The van der Waals surface area contributed by atoms with E-state index in [4.69, 9.17) is 9.47 Å². The van der Waals surface area contributed by atoms with Crippen molar-refractivity contribution in [2.24, 2.45) is 5.41 Å². The highest BCUT2D eigenvalue weighted by atomic mass is 32.1. The van der Waals surface area contributed by atoms with Crippen molar-refractivity contribution in [2.75, 3.05) is 26.3 Å². The fourth-order valence-corrected chi connectivity index (χ4v) is 4.75. The van der Waals surface area contributed by atoms with E-state index in [1.54, 1.807) is 6.20 Å². The maximum absolute atomic E-state index is 6.13. The van der Waals surface area contributed by atoms with E-state index < -0.39 is 0 Å². The number of likely N-dealkylation sites (tertiary alicyclic amines) is 1. The molecule has 2 fully saturated rings. The van der Waals surface area contributed by atoms with Gasteiger partial charge in [0.25, 0.3) is 0 Å². The van der Waals surface area contributed by atoms with E-state index in [0.29, 0.717) is 18.6 Å². The highest BCUT2D eigenvalue weighted by Gasteiger charge is 2.46. The number of aromatic nitrogens is 1. The summed E-state index contributed by atoms with van der Waals surface area (Å²) >= 11 is 1.84. The highest BCUT2D eigenvalue weighted by molar-refractivity contribution is 7.09. The van der Waals surface area contributed by atoms with Gasteiger partial charge in [-0.1, -0.05) is 12.1 Å². The van der Waals surface area contributed by atoms with Crippen LogP contribution in [0.4, 0.5) is 0 Å². The first-order valence-corrected chi connectivity index (χ1v) is 9.62. The molecule has 0 aliphatic carbocycles. The summed E-state index contributed by atoms with van der Waals surface area (Å²) in [6.07, 6.45) is 5.48. The molecule has 4 heterocycles. The van der Waals surface area contributed by atoms with Gasteiger partial charge in [0.15, 0.2) is 0 Å². The van der Waals surface area contributed by atoms with E-state index >= 15 is 0 Å². The van der Waals surface area contributed by atoms with Crippen molar-refractivity contribution in [3.05, 3.63) is 46.8 Å². The average Bonchev–Trinajstić information content (AvgIpc) is 3.14. The van der Waals surface area contributed by atoms with Gasteiger partial charge in [0.2, 0.25) is 5.88 Å². The minimum Gasteiger partial charge on any atom is -0.477 e. The zero-order valence-corrected chi connectivity index (χ0v) is 14.7. The van der Waals surface area contributed by atoms with Crippen molar-refractivity contribution < 1.29 is 9.47 Å². The number of hydrogen-bond donors (Lipinski definition) is 0. The number of hydrogen-bond acceptors (Lipinski definition) is 5. The smallest absolute Gasteiger partial charge is 0.213 e. The number of rotatable bonds is 5. The van der Waals surface area contributed by atoms with Crippen LogP contribution < -0.4 is 4.74 Å². The van der Waals surface area contributed by atoms with E-state index in [2.05, 4.69) is 27.4 Å². The molecule has 0 radical (unpaired) electrons.